The standard InChI is InChI=1S/C26H34ClN7O/c1-15-10-22(29-26-28-13-21(27)25(31-26)30-24-11-17(3)32-33-24)16(2)9-20(15)18-7-6-8-19(12-18)23(35)14-34(4)5/h9-11,13,18-19H,6-8,12,14H2,1-5H3,(H3,28,29,30,31,32,33). The van der Waals surface area contributed by atoms with Crippen LogP contribution in [0.4, 0.5) is 23.3 Å². The molecule has 2 heterocycles. The normalized spacial score (nSPS) is 18.0. The fourth-order valence-electron chi connectivity index (χ4n) is 4.86. The highest BCUT2D eigenvalue weighted by Crippen LogP contribution is 2.39. The number of aromatic amines is 1. The summed E-state index contributed by atoms with van der Waals surface area (Å²) in [4.78, 5) is 23.5. The SMILES string of the molecule is Cc1cc(Nc2nc(Nc3cc(C)c(C4CCCC(C(=O)CN(C)C)C4)cc3C)ncc2Cl)n[nH]1. The van der Waals surface area contributed by atoms with Crippen LogP contribution in [0.1, 0.15) is 54.0 Å². The van der Waals surface area contributed by atoms with Crippen LogP contribution in [0.15, 0.2) is 24.4 Å². The molecule has 1 aromatic carbocycles. The number of anilines is 4. The average Bonchev–Trinajstić information content (AvgIpc) is 3.22. The van der Waals surface area contributed by atoms with Gasteiger partial charge in [-0.2, -0.15) is 10.1 Å². The predicted molar refractivity (Wildman–Crippen MR) is 141 cm³/mol. The molecule has 0 amide bonds. The quantitative estimate of drug-likeness (QED) is 0.370. The number of hydrogen-bond donors (Lipinski definition) is 3. The van der Waals surface area contributed by atoms with Gasteiger partial charge >= 0.3 is 0 Å². The molecule has 2 unspecified atom stereocenters. The number of nitrogens with zero attached hydrogens (tertiary/aromatic N) is 4. The first-order valence-electron chi connectivity index (χ1n) is 12.1. The molecule has 186 valence electrons. The molecule has 0 aliphatic heterocycles. The van der Waals surface area contributed by atoms with E-state index in [1.807, 2.05) is 32.0 Å². The summed E-state index contributed by atoms with van der Waals surface area (Å²) in [5, 5.41) is 13.9. The van der Waals surface area contributed by atoms with Gasteiger partial charge in [0.25, 0.3) is 0 Å². The molecular formula is C26H34ClN7O. The Labute approximate surface area is 211 Å². The highest BCUT2D eigenvalue weighted by atomic mass is 35.5. The number of rotatable bonds is 8. The van der Waals surface area contributed by atoms with Crippen LogP contribution in [0.5, 0.6) is 0 Å². The van der Waals surface area contributed by atoms with E-state index in [0.29, 0.717) is 40.9 Å². The van der Waals surface area contributed by atoms with E-state index in [2.05, 4.69) is 56.8 Å². The van der Waals surface area contributed by atoms with Crippen molar-refractivity contribution in [3.63, 3.8) is 0 Å². The lowest BCUT2D eigenvalue weighted by atomic mass is 9.75. The van der Waals surface area contributed by atoms with Crippen molar-refractivity contribution in [3.8, 4) is 0 Å². The summed E-state index contributed by atoms with van der Waals surface area (Å²) in [6.07, 6.45) is 5.73. The van der Waals surface area contributed by atoms with Gasteiger partial charge in [-0.05, 0) is 82.8 Å². The number of halogens is 1. The van der Waals surface area contributed by atoms with Crippen molar-refractivity contribution in [1.82, 2.24) is 25.1 Å². The summed E-state index contributed by atoms with van der Waals surface area (Å²) >= 11 is 6.30. The Hall–Kier alpha value is -2.97. The van der Waals surface area contributed by atoms with Crippen molar-refractivity contribution in [1.29, 1.82) is 0 Å². The van der Waals surface area contributed by atoms with E-state index in [1.165, 1.54) is 11.1 Å². The van der Waals surface area contributed by atoms with Crippen LogP contribution in [-0.4, -0.2) is 51.5 Å². The number of carbonyl (C=O) groups is 1. The number of benzene rings is 1. The molecule has 1 fully saturated rings. The van der Waals surface area contributed by atoms with E-state index in [4.69, 9.17) is 11.6 Å². The lowest BCUT2D eigenvalue weighted by Gasteiger charge is -2.30. The molecule has 8 nitrogen and oxygen atoms in total. The zero-order valence-corrected chi connectivity index (χ0v) is 21.8. The molecule has 1 aliphatic carbocycles. The number of H-pyrrole nitrogens is 1. The number of carbonyl (C=O) groups excluding carboxylic acids is 1. The maximum Gasteiger partial charge on any atom is 0.229 e. The lowest BCUT2D eigenvalue weighted by molar-refractivity contribution is -0.124. The second-order valence-corrected chi connectivity index (χ2v) is 10.3. The van der Waals surface area contributed by atoms with Crippen LogP contribution in [0.25, 0.3) is 0 Å². The molecule has 35 heavy (non-hydrogen) atoms. The Balaban J connectivity index is 1.50. The summed E-state index contributed by atoms with van der Waals surface area (Å²) in [5.74, 6) is 2.50. The summed E-state index contributed by atoms with van der Waals surface area (Å²) in [5.41, 5.74) is 5.55. The molecule has 1 aliphatic rings. The van der Waals surface area contributed by atoms with Gasteiger partial charge < -0.3 is 15.5 Å². The van der Waals surface area contributed by atoms with E-state index in [0.717, 1.165) is 42.6 Å². The Bertz CT molecular complexity index is 1210. The predicted octanol–water partition coefficient (Wildman–Crippen LogP) is 5.67. The molecule has 0 radical (unpaired) electrons. The third kappa shape index (κ3) is 6.18. The first-order chi connectivity index (χ1) is 16.7. The Kier molecular flexibility index (Phi) is 7.72. The van der Waals surface area contributed by atoms with Crippen molar-refractivity contribution in [2.24, 2.45) is 5.92 Å². The second kappa shape index (κ2) is 10.7. The molecule has 4 rings (SSSR count). The summed E-state index contributed by atoms with van der Waals surface area (Å²) in [6.45, 7) is 6.68. The fraction of sp³-hybridized carbons (Fsp3) is 0.462. The molecule has 0 spiro atoms. The first kappa shape index (κ1) is 25.1. The van der Waals surface area contributed by atoms with Gasteiger partial charge in [0.05, 0.1) is 12.7 Å². The topological polar surface area (TPSA) is 98.8 Å². The number of Topliss-reactive ketones (excluding diaryl/α,β-unsaturated/α-hetero) is 1. The van der Waals surface area contributed by atoms with Gasteiger partial charge in [-0.25, -0.2) is 4.98 Å². The van der Waals surface area contributed by atoms with E-state index < -0.39 is 0 Å². The molecule has 2 atom stereocenters. The highest BCUT2D eigenvalue weighted by Gasteiger charge is 2.29. The minimum Gasteiger partial charge on any atom is -0.324 e. The van der Waals surface area contributed by atoms with Crippen molar-refractivity contribution >= 4 is 40.7 Å². The largest absolute Gasteiger partial charge is 0.324 e. The van der Waals surface area contributed by atoms with Gasteiger partial charge in [0.2, 0.25) is 5.95 Å². The van der Waals surface area contributed by atoms with Crippen LogP contribution in [0, 0.1) is 26.7 Å². The van der Waals surface area contributed by atoms with Gasteiger partial charge in [-0.3, -0.25) is 9.89 Å². The van der Waals surface area contributed by atoms with Crippen LogP contribution in [0.3, 0.4) is 0 Å². The Morgan fingerprint density at radius 3 is 2.66 bits per heavy atom. The number of hydrogen-bond acceptors (Lipinski definition) is 7. The average molecular weight is 496 g/mol. The highest BCUT2D eigenvalue weighted by molar-refractivity contribution is 6.32. The first-order valence-corrected chi connectivity index (χ1v) is 12.4. The second-order valence-electron chi connectivity index (χ2n) is 9.86. The molecule has 9 heteroatoms. The smallest absolute Gasteiger partial charge is 0.229 e. The third-order valence-corrected chi connectivity index (χ3v) is 6.87. The Morgan fingerprint density at radius 2 is 1.94 bits per heavy atom. The molecule has 2 aromatic heterocycles. The van der Waals surface area contributed by atoms with E-state index in [-0.39, 0.29) is 5.92 Å². The molecule has 0 saturated heterocycles. The molecular weight excluding hydrogens is 462 g/mol. The number of aryl methyl sites for hydroxylation is 3. The zero-order chi connectivity index (χ0) is 25.1. The number of ketones is 1. The molecule has 0 bridgehead atoms. The van der Waals surface area contributed by atoms with E-state index >= 15 is 0 Å². The number of aromatic nitrogens is 4. The number of likely N-dealkylation sites (N-methyl/N-ethyl adjacent to an activating group) is 1. The summed E-state index contributed by atoms with van der Waals surface area (Å²) < 4.78 is 0. The summed E-state index contributed by atoms with van der Waals surface area (Å²) in [7, 11) is 3.91. The monoisotopic (exact) mass is 495 g/mol. The van der Waals surface area contributed by atoms with Gasteiger partial charge in [0.1, 0.15) is 10.8 Å². The summed E-state index contributed by atoms with van der Waals surface area (Å²) in [6, 6.07) is 6.28. The van der Waals surface area contributed by atoms with E-state index in [9.17, 15) is 4.79 Å². The minimum absolute atomic E-state index is 0.153. The fourth-order valence-corrected chi connectivity index (χ4v) is 5.00. The van der Waals surface area contributed by atoms with Crippen molar-refractivity contribution in [2.75, 3.05) is 31.3 Å². The van der Waals surface area contributed by atoms with Crippen molar-refractivity contribution in [3.05, 3.63) is 51.8 Å². The molecule has 1 saturated carbocycles. The zero-order valence-electron chi connectivity index (χ0n) is 21.1. The third-order valence-electron chi connectivity index (χ3n) is 6.60. The van der Waals surface area contributed by atoms with Crippen LogP contribution in [-0.2, 0) is 4.79 Å². The maximum absolute atomic E-state index is 12.7. The van der Waals surface area contributed by atoms with Crippen LogP contribution >= 0.6 is 11.6 Å². The molecule has 3 aromatic rings. The van der Waals surface area contributed by atoms with Gasteiger partial charge in [0, 0.05) is 23.4 Å². The maximum atomic E-state index is 12.7. The Morgan fingerprint density at radius 1 is 1.14 bits per heavy atom. The van der Waals surface area contributed by atoms with Gasteiger partial charge in [-0.1, -0.05) is 24.1 Å². The number of nitrogens with one attached hydrogen (secondary N) is 3. The van der Waals surface area contributed by atoms with Crippen molar-refractivity contribution < 1.29 is 4.79 Å². The molecule has 3 N–H and O–H groups in total. The van der Waals surface area contributed by atoms with Crippen LogP contribution in [0.2, 0.25) is 5.02 Å². The van der Waals surface area contributed by atoms with Crippen LogP contribution < -0.4 is 10.6 Å². The van der Waals surface area contributed by atoms with E-state index in [1.54, 1.807) is 6.20 Å². The minimum atomic E-state index is 0.153. The van der Waals surface area contributed by atoms with Gasteiger partial charge in [0.15, 0.2) is 11.6 Å². The lowest BCUT2D eigenvalue weighted by Crippen LogP contribution is -2.30. The van der Waals surface area contributed by atoms with Crippen molar-refractivity contribution in [2.45, 2.75) is 52.4 Å². The van der Waals surface area contributed by atoms with Gasteiger partial charge in [-0.15, -0.1) is 0 Å².